The topological polar surface area (TPSA) is 68.2 Å². The molecule has 1 N–H and O–H groups in total. The van der Waals surface area contributed by atoms with Gasteiger partial charge in [0.2, 0.25) is 0 Å². The van der Waals surface area contributed by atoms with Crippen molar-refractivity contribution in [3.63, 3.8) is 0 Å². The van der Waals surface area contributed by atoms with Crippen molar-refractivity contribution < 1.29 is 24.1 Å². The summed E-state index contributed by atoms with van der Waals surface area (Å²) in [6.07, 6.45) is 1.47. The van der Waals surface area contributed by atoms with E-state index in [1.165, 1.54) is 16.3 Å². The standard InChI is InChI=1S/C34H35NO5/c36-34(37)35-29-16-17-32(35)33(40-23-25-12-13-26-6-4-5-7-28(26)20-25)31(21-29)27-14-10-24(11-15-27)22-38-18-19-39-30-8-2-1-3-9-30/h1-15,20,29,31-33H,16-19,21-23H2,(H,36,37). The minimum absolute atomic E-state index is 0.0423. The molecule has 4 atom stereocenters. The molecule has 2 heterocycles. The van der Waals surface area contributed by atoms with Crippen molar-refractivity contribution in [3.8, 4) is 5.75 Å². The Labute approximate surface area is 235 Å². The summed E-state index contributed by atoms with van der Waals surface area (Å²) in [5, 5.41) is 12.3. The van der Waals surface area contributed by atoms with Crippen LogP contribution >= 0.6 is 0 Å². The summed E-state index contributed by atoms with van der Waals surface area (Å²) >= 11 is 0. The van der Waals surface area contributed by atoms with Crippen molar-refractivity contribution >= 4 is 16.9 Å². The number of carboxylic acid groups (broad SMARTS) is 1. The molecule has 4 aromatic rings. The van der Waals surface area contributed by atoms with Crippen LogP contribution in [0.2, 0.25) is 0 Å². The summed E-state index contributed by atoms with van der Waals surface area (Å²) in [6, 6.07) is 32.9. The first kappa shape index (κ1) is 26.4. The number of rotatable bonds is 10. The summed E-state index contributed by atoms with van der Waals surface area (Å²) in [7, 11) is 0. The van der Waals surface area contributed by atoms with E-state index in [0.29, 0.717) is 26.4 Å². The van der Waals surface area contributed by atoms with Crippen molar-refractivity contribution in [2.24, 2.45) is 0 Å². The lowest BCUT2D eigenvalue weighted by molar-refractivity contribution is -0.0534. The van der Waals surface area contributed by atoms with Gasteiger partial charge in [-0.2, -0.15) is 0 Å². The van der Waals surface area contributed by atoms with Crippen molar-refractivity contribution in [2.45, 2.75) is 56.6 Å². The zero-order valence-electron chi connectivity index (χ0n) is 22.5. The minimum Gasteiger partial charge on any atom is -0.491 e. The Kier molecular flexibility index (Phi) is 7.98. The summed E-state index contributed by atoms with van der Waals surface area (Å²) in [6.45, 7) is 1.99. The highest BCUT2D eigenvalue weighted by molar-refractivity contribution is 5.82. The van der Waals surface area contributed by atoms with E-state index >= 15 is 0 Å². The Bertz CT molecular complexity index is 1420. The third-order valence-electron chi connectivity index (χ3n) is 8.24. The number of carbonyl (C=O) groups is 1. The molecular weight excluding hydrogens is 502 g/mol. The maximum atomic E-state index is 12.1. The van der Waals surface area contributed by atoms with Crippen LogP contribution < -0.4 is 4.74 Å². The number of ether oxygens (including phenoxy) is 3. The lowest BCUT2D eigenvalue weighted by atomic mass is 9.82. The van der Waals surface area contributed by atoms with Crippen LogP contribution in [0.1, 0.15) is 41.9 Å². The van der Waals surface area contributed by atoms with Crippen LogP contribution in [0.15, 0.2) is 97.1 Å². The molecule has 2 fully saturated rings. The van der Waals surface area contributed by atoms with Crippen LogP contribution in [-0.2, 0) is 22.7 Å². The first-order chi connectivity index (χ1) is 19.7. The average molecular weight is 538 g/mol. The Morgan fingerprint density at radius 3 is 2.35 bits per heavy atom. The van der Waals surface area contributed by atoms with Crippen LogP contribution in [-0.4, -0.2) is 47.5 Å². The summed E-state index contributed by atoms with van der Waals surface area (Å²) in [5.41, 5.74) is 3.40. The lowest BCUT2D eigenvalue weighted by Gasteiger charge is -2.43. The van der Waals surface area contributed by atoms with E-state index in [1.54, 1.807) is 4.90 Å². The van der Waals surface area contributed by atoms with Crippen LogP contribution in [0, 0.1) is 0 Å². The Morgan fingerprint density at radius 2 is 1.55 bits per heavy atom. The van der Waals surface area contributed by atoms with Gasteiger partial charge < -0.3 is 19.3 Å². The van der Waals surface area contributed by atoms with E-state index in [4.69, 9.17) is 14.2 Å². The monoisotopic (exact) mass is 537 g/mol. The van der Waals surface area contributed by atoms with E-state index in [9.17, 15) is 9.90 Å². The van der Waals surface area contributed by atoms with E-state index in [2.05, 4.69) is 54.6 Å². The predicted octanol–water partition coefficient (Wildman–Crippen LogP) is 7.02. The Morgan fingerprint density at radius 1 is 0.800 bits per heavy atom. The highest BCUT2D eigenvalue weighted by Gasteiger charge is 2.50. The molecule has 6 nitrogen and oxygen atoms in total. The number of fused-ring (bicyclic) bond motifs is 3. The molecule has 40 heavy (non-hydrogen) atoms. The highest BCUT2D eigenvalue weighted by Crippen LogP contribution is 2.45. The Balaban J connectivity index is 1.11. The summed E-state index contributed by atoms with van der Waals surface area (Å²) in [5.74, 6) is 0.985. The highest BCUT2D eigenvalue weighted by atomic mass is 16.5. The number of para-hydroxylation sites is 1. The van der Waals surface area contributed by atoms with Crippen LogP contribution in [0.5, 0.6) is 5.75 Å². The van der Waals surface area contributed by atoms with Crippen LogP contribution in [0.4, 0.5) is 4.79 Å². The van der Waals surface area contributed by atoms with Gasteiger partial charge in [0.25, 0.3) is 0 Å². The second-order valence-electron chi connectivity index (χ2n) is 10.7. The van der Waals surface area contributed by atoms with E-state index in [1.807, 2.05) is 42.5 Å². The summed E-state index contributed by atoms with van der Waals surface area (Å²) < 4.78 is 18.1. The molecule has 206 valence electrons. The van der Waals surface area contributed by atoms with Crippen molar-refractivity contribution in [3.05, 3.63) is 114 Å². The molecule has 0 saturated carbocycles. The maximum absolute atomic E-state index is 12.1. The molecule has 4 aromatic carbocycles. The first-order valence-electron chi connectivity index (χ1n) is 14.1. The minimum atomic E-state index is -0.839. The Hall–Kier alpha value is -3.87. The molecule has 0 radical (unpaired) electrons. The molecule has 2 bridgehead atoms. The van der Waals surface area contributed by atoms with Crippen molar-refractivity contribution in [1.29, 1.82) is 0 Å². The smallest absolute Gasteiger partial charge is 0.407 e. The zero-order chi connectivity index (χ0) is 27.3. The molecule has 2 saturated heterocycles. The van der Waals surface area contributed by atoms with Gasteiger partial charge in [-0.25, -0.2) is 4.79 Å². The number of piperidine rings is 1. The van der Waals surface area contributed by atoms with Crippen molar-refractivity contribution in [2.75, 3.05) is 13.2 Å². The second-order valence-corrected chi connectivity index (χ2v) is 10.7. The molecule has 6 rings (SSSR count). The van der Waals surface area contributed by atoms with E-state index in [0.717, 1.165) is 36.1 Å². The molecular formula is C34H35NO5. The van der Waals surface area contributed by atoms with Gasteiger partial charge in [-0.3, -0.25) is 4.90 Å². The molecule has 0 aliphatic carbocycles. The zero-order valence-corrected chi connectivity index (χ0v) is 22.5. The van der Waals surface area contributed by atoms with Crippen molar-refractivity contribution in [1.82, 2.24) is 4.90 Å². The van der Waals surface area contributed by atoms with Gasteiger partial charge in [0.05, 0.1) is 32.0 Å². The fourth-order valence-corrected chi connectivity index (χ4v) is 6.32. The number of benzene rings is 4. The largest absolute Gasteiger partial charge is 0.491 e. The van der Waals surface area contributed by atoms with Gasteiger partial charge in [0.1, 0.15) is 12.4 Å². The molecule has 0 aromatic heterocycles. The van der Waals surface area contributed by atoms with Gasteiger partial charge in [0, 0.05) is 12.0 Å². The average Bonchev–Trinajstić information content (AvgIpc) is 3.32. The first-order valence-corrected chi connectivity index (χ1v) is 14.1. The number of hydrogen-bond donors (Lipinski definition) is 1. The molecule has 2 aliphatic heterocycles. The quantitative estimate of drug-likeness (QED) is 0.220. The van der Waals surface area contributed by atoms with Gasteiger partial charge in [-0.05, 0) is 64.9 Å². The third kappa shape index (κ3) is 5.83. The fraction of sp³-hybridized carbons (Fsp3) is 0.324. The predicted molar refractivity (Wildman–Crippen MR) is 155 cm³/mol. The van der Waals surface area contributed by atoms with Crippen LogP contribution in [0.25, 0.3) is 10.8 Å². The van der Waals surface area contributed by atoms with Gasteiger partial charge in [-0.15, -0.1) is 0 Å². The van der Waals surface area contributed by atoms with Gasteiger partial charge >= 0.3 is 6.09 Å². The van der Waals surface area contributed by atoms with E-state index in [-0.39, 0.29) is 24.1 Å². The molecule has 0 spiro atoms. The van der Waals surface area contributed by atoms with Gasteiger partial charge in [0.15, 0.2) is 0 Å². The second kappa shape index (κ2) is 12.1. The molecule has 2 aliphatic rings. The SMILES string of the molecule is O=C(O)N1C2CCC1C(OCc1ccc3ccccc3c1)C(c1ccc(COCCOc3ccccc3)cc1)C2. The molecule has 1 amide bonds. The fourth-order valence-electron chi connectivity index (χ4n) is 6.32. The number of nitrogens with zero attached hydrogens (tertiary/aromatic N) is 1. The third-order valence-corrected chi connectivity index (χ3v) is 8.24. The number of amides is 1. The van der Waals surface area contributed by atoms with Gasteiger partial charge in [-0.1, -0.05) is 78.9 Å². The van der Waals surface area contributed by atoms with E-state index < -0.39 is 6.09 Å². The number of hydrogen-bond acceptors (Lipinski definition) is 4. The maximum Gasteiger partial charge on any atom is 0.407 e. The lowest BCUT2D eigenvalue weighted by Crippen LogP contribution is -2.53. The summed E-state index contributed by atoms with van der Waals surface area (Å²) in [4.78, 5) is 13.8. The van der Waals surface area contributed by atoms with Crippen LogP contribution in [0.3, 0.4) is 0 Å². The molecule has 4 unspecified atom stereocenters. The normalized spacial score (nSPS) is 21.9. The molecule has 6 heteroatoms.